The molecular weight excluding hydrogens is 404 g/mol. The number of rotatable bonds is 15. The van der Waals surface area contributed by atoms with Crippen LogP contribution >= 0.6 is 0 Å². The van der Waals surface area contributed by atoms with Crippen LogP contribution in [0.3, 0.4) is 0 Å². The largest absolute Gasteiger partial charge is 0.414 e. The van der Waals surface area contributed by atoms with Crippen molar-refractivity contribution in [3.8, 4) is 0 Å². The molecule has 1 fully saturated rings. The topological polar surface area (TPSA) is 31.0 Å². The van der Waals surface area contributed by atoms with Crippen molar-refractivity contribution < 1.29 is 13.6 Å². The van der Waals surface area contributed by atoms with Crippen LogP contribution in [0.2, 0.25) is 34.8 Å². The van der Waals surface area contributed by atoms with Crippen LogP contribution in [0, 0.1) is 5.92 Å². The van der Waals surface area contributed by atoms with Gasteiger partial charge in [-0.3, -0.25) is 0 Å². The van der Waals surface area contributed by atoms with Gasteiger partial charge in [-0.1, -0.05) is 82.6 Å². The van der Waals surface area contributed by atoms with Crippen LogP contribution in [-0.2, 0) is 13.6 Å². The fourth-order valence-corrected chi connectivity index (χ4v) is 14.3. The molecule has 1 aliphatic heterocycles. The van der Waals surface area contributed by atoms with Crippen molar-refractivity contribution in [1.82, 2.24) is 0 Å². The summed E-state index contributed by atoms with van der Waals surface area (Å²) >= 11 is 0. The Bertz CT molecular complexity index is 475. The van der Waals surface area contributed by atoms with Gasteiger partial charge < -0.3 is 13.6 Å². The quantitative estimate of drug-likeness (QED) is 0.183. The second-order valence-corrected chi connectivity index (χ2v) is 21.2. The Morgan fingerprint density at radius 3 is 1.67 bits per heavy atom. The maximum absolute atomic E-state index is 7.26. The van der Waals surface area contributed by atoms with Crippen LogP contribution in [-0.4, -0.2) is 41.1 Å². The van der Waals surface area contributed by atoms with E-state index < -0.39 is 16.6 Å². The van der Waals surface area contributed by atoms with E-state index in [0.717, 1.165) is 19.4 Å². The number of ether oxygens (including phenoxy) is 1. The standard InChI is InChI=1S/C25H54O3Si2/c1-13-17-23(28-30(19(5)6,20(7)8)21(9)10)22(11)24-25(12,27-24)18-26-29(14-2,15-3)16-4/h19-24H,13-18H2,1-12H3/t22-,23-,24-,25-/m1/s1. The Kier molecular flexibility index (Phi) is 10.8. The smallest absolute Gasteiger partial charge is 0.200 e. The van der Waals surface area contributed by atoms with E-state index in [-0.39, 0.29) is 17.8 Å². The van der Waals surface area contributed by atoms with Gasteiger partial charge >= 0.3 is 0 Å². The third-order valence-corrected chi connectivity index (χ3v) is 19.0. The molecule has 0 radical (unpaired) electrons. The van der Waals surface area contributed by atoms with Crippen LogP contribution in [0.15, 0.2) is 0 Å². The molecule has 1 rings (SSSR count). The van der Waals surface area contributed by atoms with E-state index in [9.17, 15) is 0 Å². The van der Waals surface area contributed by atoms with Crippen molar-refractivity contribution in [1.29, 1.82) is 0 Å². The molecule has 0 N–H and O–H groups in total. The van der Waals surface area contributed by atoms with Crippen molar-refractivity contribution in [2.24, 2.45) is 5.92 Å². The van der Waals surface area contributed by atoms with Crippen molar-refractivity contribution in [3.63, 3.8) is 0 Å². The Hall–Kier alpha value is 0.314. The van der Waals surface area contributed by atoms with E-state index in [1.54, 1.807) is 0 Å². The first-order chi connectivity index (χ1) is 13.9. The second kappa shape index (κ2) is 11.4. The molecule has 0 saturated carbocycles. The minimum Gasteiger partial charge on any atom is -0.414 e. The van der Waals surface area contributed by atoms with Crippen LogP contribution < -0.4 is 0 Å². The molecule has 1 aliphatic rings. The molecule has 3 nitrogen and oxygen atoms in total. The van der Waals surface area contributed by atoms with E-state index in [0.29, 0.717) is 22.5 Å². The highest BCUT2D eigenvalue weighted by Crippen LogP contribution is 2.48. The summed E-state index contributed by atoms with van der Waals surface area (Å²) in [5.41, 5.74) is 1.71. The maximum atomic E-state index is 7.26. The van der Waals surface area contributed by atoms with E-state index >= 15 is 0 Å². The zero-order valence-electron chi connectivity index (χ0n) is 22.4. The highest BCUT2D eigenvalue weighted by atomic mass is 28.4. The van der Waals surface area contributed by atoms with Gasteiger partial charge in [0.2, 0.25) is 8.32 Å². The zero-order chi connectivity index (χ0) is 23.3. The molecule has 1 heterocycles. The Labute approximate surface area is 191 Å². The number of epoxide rings is 1. The zero-order valence-corrected chi connectivity index (χ0v) is 24.4. The Balaban J connectivity index is 2.96. The number of hydrogen-bond acceptors (Lipinski definition) is 3. The summed E-state index contributed by atoms with van der Waals surface area (Å²) in [6.45, 7) is 28.9. The molecule has 5 heteroatoms. The van der Waals surface area contributed by atoms with Gasteiger partial charge in [0.25, 0.3) is 0 Å². The van der Waals surface area contributed by atoms with Crippen LogP contribution in [0.1, 0.15) is 95.9 Å². The molecule has 0 spiro atoms. The highest BCUT2D eigenvalue weighted by molar-refractivity contribution is 6.77. The normalized spacial score (nSPS) is 24.7. The minimum absolute atomic E-state index is 0.135. The molecule has 0 aromatic heterocycles. The van der Waals surface area contributed by atoms with E-state index in [2.05, 4.69) is 83.1 Å². The first kappa shape index (κ1) is 28.3. The van der Waals surface area contributed by atoms with Crippen molar-refractivity contribution in [3.05, 3.63) is 0 Å². The van der Waals surface area contributed by atoms with Gasteiger partial charge in [0.1, 0.15) is 5.60 Å². The molecule has 30 heavy (non-hydrogen) atoms. The molecule has 4 atom stereocenters. The lowest BCUT2D eigenvalue weighted by Gasteiger charge is -2.46. The molecule has 0 aromatic rings. The van der Waals surface area contributed by atoms with Crippen LogP contribution in [0.25, 0.3) is 0 Å². The van der Waals surface area contributed by atoms with Gasteiger partial charge in [-0.05, 0) is 48.1 Å². The predicted molar refractivity (Wildman–Crippen MR) is 136 cm³/mol. The molecule has 0 amide bonds. The van der Waals surface area contributed by atoms with Gasteiger partial charge in [0, 0.05) is 5.92 Å². The van der Waals surface area contributed by atoms with Gasteiger partial charge in [-0.25, -0.2) is 0 Å². The van der Waals surface area contributed by atoms with Crippen LogP contribution in [0.4, 0.5) is 0 Å². The maximum Gasteiger partial charge on any atom is 0.200 e. The fourth-order valence-electron chi connectivity index (χ4n) is 5.97. The monoisotopic (exact) mass is 458 g/mol. The summed E-state index contributed by atoms with van der Waals surface area (Å²) in [4.78, 5) is 0. The summed E-state index contributed by atoms with van der Waals surface area (Å²) in [6.07, 6.45) is 2.82. The molecule has 0 aromatic carbocycles. The van der Waals surface area contributed by atoms with E-state index in [1.807, 2.05) is 0 Å². The summed E-state index contributed by atoms with van der Waals surface area (Å²) in [5, 5.41) is 0. The lowest BCUT2D eigenvalue weighted by molar-refractivity contribution is 0.0941. The molecular formula is C25H54O3Si2. The first-order valence-corrected chi connectivity index (χ1v) is 17.6. The highest BCUT2D eigenvalue weighted by Gasteiger charge is 2.58. The van der Waals surface area contributed by atoms with Gasteiger partial charge in [-0.15, -0.1) is 0 Å². The third-order valence-electron chi connectivity index (χ3n) is 8.24. The average Bonchev–Trinajstić information content (AvgIpc) is 3.37. The Morgan fingerprint density at radius 1 is 0.833 bits per heavy atom. The molecule has 180 valence electrons. The molecule has 0 unspecified atom stereocenters. The van der Waals surface area contributed by atoms with Crippen molar-refractivity contribution in [2.45, 2.75) is 148 Å². The lowest BCUT2D eigenvalue weighted by Crippen LogP contribution is -2.52. The van der Waals surface area contributed by atoms with Gasteiger partial charge in [-0.2, -0.15) is 0 Å². The summed E-state index contributed by atoms with van der Waals surface area (Å²) in [5.74, 6) is 0.405. The molecule has 0 aliphatic carbocycles. The van der Waals surface area contributed by atoms with E-state index in [1.165, 1.54) is 18.1 Å². The predicted octanol–water partition coefficient (Wildman–Crippen LogP) is 8.16. The third kappa shape index (κ3) is 6.00. The summed E-state index contributed by atoms with van der Waals surface area (Å²) < 4.78 is 20.2. The lowest BCUT2D eigenvalue weighted by atomic mass is 9.91. The first-order valence-electron chi connectivity index (χ1n) is 12.9. The average molecular weight is 459 g/mol. The second-order valence-electron chi connectivity index (χ2n) is 11.0. The van der Waals surface area contributed by atoms with Gasteiger partial charge in [0.05, 0.1) is 18.8 Å². The molecule has 1 saturated heterocycles. The summed E-state index contributed by atoms with van der Waals surface area (Å²) in [7, 11) is -3.48. The van der Waals surface area contributed by atoms with Gasteiger partial charge in [0.15, 0.2) is 8.32 Å². The fraction of sp³-hybridized carbons (Fsp3) is 1.00. The molecule has 0 bridgehead atoms. The minimum atomic E-state index is -1.90. The van der Waals surface area contributed by atoms with Crippen molar-refractivity contribution in [2.75, 3.05) is 6.61 Å². The number of hydrogen-bond donors (Lipinski definition) is 0. The Morgan fingerprint density at radius 2 is 1.30 bits per heavy atom. The van der Waals surface area contributed by atoms with Crippen molar-refractivity contribution >= 4 is 16.6 Å². The SMILES string of the molecule is CCC[C@@H](O[Si](C(C)C)(C(C)C)C(C)C)[C@@H](C)[C@H]1O[C@]1(C)CO[Si](CC)(CC)CC. The summed E-state index contributed by atoms with van der Waals surface area (Å²) in [6, 6.07) is 3.59. The van der Waals surface area contributed by atoms with E-state index in [4.69, 9.17) is 13.6 Å². The van der Waals surface area contributed by atoms with Crippen LogP contribution in [0.5, 0.6) is 0 Å².